The van der Waals surface area contributed by atoms with E-state index in [1.807, 2.05) is 0 Å². The summed E-state index contributed by atoms with van der Waals surface area (Å²) >= 11 is 1.22. The predicted molar refractivity (Wildman–Crippen MR) is 47.9 cm³/mol. The Bertz CT molecular complexity index is 308. The monoisotopic (exact) mass is 200 g/mol. The van der Waals surface area contributed by atoms with Crippen molar-refractivity contribution in [2.75, 3.05) is 6.54 Å². The van der Waals surface area contributed by atoms with E-state index in [2.05, 4.69) is 15.5 Å². The molecule has 1 aromatic heterocycles. The summed E-state index contributed by atoms with van der Waals surface area (Å²) in [4.78, 5) is 15.4. The summed E-state index contributed by atoms with van der Waals surface area (Å²) in [7, 11) is 0. The molecular weight excluding hydrogens is 192 g/mol. The summed E-state index contributed by atoms with van der Waals surface area (Å²) in [6.07, 6.45) is 1.45. The topological polar surface area (TPSA) is 101 Å². The molecule has 0 saturated carbocycles. The van der Waals surface area contributed by atoms with Crippen LogP contribution in [0, 0.1) is 0 Å². The predicted octanol–water partition coefficient (Wildman–Crippen LogP) is -0.381. The van der Waals surface area contributed by atoms with Gasteiger partial charge in [-0.25, -0.2) is 0 Å². The van der Waals surface area contributed by atoms with E-state index in [1.165, 1.54) is 17.5 Å². The summed E-state index contributed by atoms with van der Waals surface area (Å²) in [5.74, 6) is -0.327. The number of hydrogen-bond donors (Lipinski definition) is 3. The molecule has 6 nitrogen and oxygen atoms in total. The molecule has 0 aliphatic carbocycles. The highest BCUT2D eigenvalue weighted by atomic mass is 32.1. The molecule has 1 amide bonds. The minimum Gasteiger partial charge on any atom is -0.409 e. The molecular formula is C6H8N4O2S. The summed E-state index contributed by atoms with van der Waals surface area (Å²) in [6, 6.07) is 0. The minimum atomic E-state index is -0.283. The molecule has 0 atom stereocenters. The molecule has 0 radical (unpaired) electrons. The zero-order valence-electron chi connectivity index (χ0n) is 6.60. The fourth-order valence-corrected chi connectivity index (χ4v) is 1.16. The fourth-order valence-electron chi connectivity index (χ4n) is 0.621. The average molecular weight is 200 g/mol. The number of nitrogens with two attached hydrogens (primary N) is 1. The van der Waals surface area contributed by atoms with Crippen LogP contribution in [0.25, 0.3) is 0 Å². The van der Waals surface area contributed by atoms with Gasteiger partial charge < -0.3 is 16.3 Å². The Balaban J connectivity index is 2.44. The number of amides is 1. The number of carbonyl (C=O) groups excluding carboxylic acids is 1. The number of carbonyl (C=O) groups is 1. The lowest BCUT2D eigenvalue weighted by Crippen LogP contribution is -2.33. The molecule has 1 rings (SSSR count). The first kappa shape index (κ1) is 9.46. The molecule has 1 aromatic rings. The van der Waals surface area contributed by atoms with Crippen LogP contribution in [0.4, 0.5) is 0 Å². The van der Waals surface area contributed by atoms with E-state index in [9.17, 15) is 4.79 Å². The maximum absolute atomic E-state index is 11.2. The van der Waals surface area contributed by atoms with Crippen LogP contribution >= 0.6 is 11.3 Å². The second-order valence-corrected chi connectivity index (χ2v) is 3.03. The van der Waals surface area contributed by atoms with E-state index >= 15 is 0 Å². The second kappa shape index (κ2) is 4.41. The molecule has 1 heterocycles. The Morgan fingerprint density at radius 3 is 3.15 bits per heavy atom. The Morgan fingerprint density at radius 2 is 2.62 bits per heavy atom. The lowest BCUT2D eigenvalue weighted by molar-refractivity contribution is 0.0963. The third-order valence-corrected chi connectivity index (χ3v) is 1.99. The largest absolute Gasteiger partial charge is 0.409 e. The number of oxime groups is 1. The summed E-state index contributed by atoms with van der Waals surface area (Å²) < 4.78 is 0. The first-order valence-electron chi connectivity index (χ1n) is 3.37. The standard InChI is InChI=1S/C6H8N4O2S/c7-5(10-12)2-9-6(11)4-1-8-3-13-4/h1,3,12H,2H2,(H2,7,10)(H,9,11). The normalized spacial score (nSPS) is 11.2. The van der Waals surface area contributed by atoms with E-state index < -0.39 is 0 Å². The molecule has 0 saturated heterocycles. The number of aromatic nitrogens is 1. The molecule has 0 aliphatic heterocycles. The number of amidine groups is 1. The third-order valence-electron chi connectivity index (χ3n) is 1.21. The minimum absolute atomic E-state index is 0.0211. The van der Waals surface area contributed by atoms with Crippen molar-refractivity contribution >= 4 is 23.1 Å². The quantitative estimate of drug-likeness (QED) is 0.268. The van der Waals surface area contributed by atoms with Crippen molar-refractivity contribution in [3.8, 4) is 0 Å². The van der Waals surface area contributed by atoms with Crippen LogP contribution in [0.3, 0.4) is 0 Å². The molecule has 0 fully saturated rings. The Kier molecular flexibility index (Phi) is 3.21. The van der Waals surface area contributed by atoms with E-state index in [1.54, 1.807) is 5.51 Å². The van der Waals surface area contributed by atoms with Gasteiger partial charge in [0.25, 0.3) is 5.91 Å². The highest BCUT2D eigenvalue weighted by molar-refractivity contribution is 7.11. The van der Waals surface area contributed by atoms with Crippen LogP contribution in [0.5, 0.6) is 0 Å². The number of nitrogens with one attached hydrogen (secondary N) is 1. The van der Waals surface area contributed by atoms with Crippen molar-refractivity contribution < 1.29 is 10.0 Å². The van der Waals surface area contributed by atoms with Gasteiger partial charge in [0.2, 0.25) is 0 Å². The smallest absolute Gasteiger partial charge is 0.263 e. The average Bonchev–Trinajstić information content (AvgIpc) is 2.66. The van der Waals surface area contributed by atoms with Gasteiger partial charge in [-0.3, -0.25) is 9.78 Å². The van der Waals surface area contributed by atoms with Crippen molar-refractivity contribution in [3.05, 3.63) is 16.6 Å². The molecule has 7 heteroatoms. The number of thiazole rings is 1. The van der Waals surface area contributed by atoms with Gasteiger partial charge >= 0.3 is 0 Å². The van der Waals surface area contributed by atoms with Crippen molar-refractivity contribution in [2.45, 2.75) is 0 Å². The summed E-state index contributed by atoms with van der Waals surface area (Å²) in [5.41, 5.74) is 6.70. The lowest BCUT2D eigenvalue weighted by Gasteiger charge is -2.00. The van der Waals surface area contributed by atoms with E-state index in [0.717, 1.165) is 0 Å². The maximum Gasteiger partial charge on any atom is 0.263 e. The van der Waals surface area contributed by atoms with Crippen molar-refractivity contribution in [1.29, 1.82) is 0 Å². The molecule has 13 heavy (non-hydrogen) atoms. The maximum atomic E-state index is 11.2. The molecule has 0 unspecified atom stereocenters. The zero-order valence-corrected chi connectivity index (χ0v) is 7.41. The zero-order chi connectivity index (χ0) is 9.68. The Hall–Kier alpha value is -1.63. The number of rotatable bonds is 3. The van der Waals surface area contributed by atoms with Gasteiger partial charge in [-0.05, 0) is 0 Å². The number of nitrogens with zero attached hydrogens (tertiary/aromatic N) is 2. The summed E-state index contributed by atoms with van der Waals surface area (Å²) in [5, 5.41) is 13.3. The van der Waals surface area contributed by atoms with Crippen LogP contribution in [-0.4, -0.2) is 28.5 Å². The molecule has 0 bridgehead atoms. The third kappa shape index (κ3) is 2.71. The highest BCUT2D eigenvalue weighted by Crippen LogP contribution is 2.03. The van der Waals surface area contributed by atoms with Crippen molar-refractivity contribution in [2.24, 2.45) is 10.9 Å². The summed E-state index contributed by atoms with van der Waals surface area (Å²) in [6.45, 7) is 0.0211. The molecule has 70 valence electrons. The molecule has 4 N–H and O–H groups in total. The molecule has 0 spiro atoms. The Labute approximate surface area is 78.1 Å². The van der Waals surface area contributed by atoms with Gasteiger partial charge in [0.1, 0.15) is 4.88 Å². The first-order valence-corrected chi connectivity index (χ1v) is 4.25. The highest BCUT2D eigenvalue weighted by Gasteiger charge is 2.06. The van der Waals surface area contributed by atoms with E-state index in [0.29, 0.717) is 4.88 Å². The van der Waals surface area contributed by atoms with Gasteiger partial charge in [-0.15, -0.1) is 11.3 Å². The van der Waals surface area contributed by atoms with Crippen molar-refractivity contribution in [3.63, 3.8) is 0 Å². The first-order chi connectivity index (χ1) is 6.24. The fraction of sp³-hybridized carbons (Fsp3) is 0.167. The van der Waals surface area contributed by atoms with Crippen LogP contribution in [-0.2, 0) is 0 Å². The second-order valence-electron chi connectivity index (χ2n) is 2.14. The van der Waals surface area contributed by atoms with Crippen molar-refractivity contribution in [1.82, 2.24) is 10.3 Å². The van der Waals surface area contributed by atoms with Crippen LogP contribution in [0.15, 0.2) is 16.9 Å². The Morgan fingerprint density at radius 1 is 1.85 bits per heavy atom. The van der Waals surface area contributed by atoms with E-state index in [4.69, 9.17) is 10.9 Å². The van der Waals surface area contributed by atoms with Gasteiger partial charge in [0.05, 0.1) is 18.3 Å². The van der Waals surface area contributed by atoms with Gasteiger partial charge in [0.15, 0.2) is 5.84 Å². The van der Waals surface area contributed by atoms with Crippen LogP contribution in [0.1, 0.15) is 9.67 Å². The SMILES string of the molecule is NC(CNC(=O)c1cncs1)=NO. The van der Waals surface area contributed by atoms with Crippen LogP contribution < -0.4 is 11.1 Å². The molecule has 0 aromatic carbocycles. The van der Waals surface area contributed by atoms with Gasteiger partial charge in [0, 0.05) is 0 Å². The van der Waals surface area contributed by atoms with Gasteiger partial charge in [-0.2, -0.15) is 0 Å². The number of hydrogen-bond acceptors (Lipinski definition) is 5. The van der Waals surface area contributed by atoms with Gasteiger partial charge in [-0.1, -0.05) is 5.16 Å². The van der Waals surface area contributed by atoms with Crippen LogP contribution in [0.2, 0.25) is 0 Å². The molecule has 0 aliphatic rings. The van der Waals surface area contributed by atoms with E-state index in [-0.39, 0.29) is 18.3 Å². The lowest BCUT2D eigenvalue weighted by atomic mass is 10.5.